The Kier molecular flexibility index (Phi) is 8.42. The van der Waals surface area contributed by atoms with Gasteiger partial charge in [0.1, 0.15) is 17.2 Å². The van der Waals surface area contributed by atoms with Gasteiger partial charge >= 0.3 is 0 Å². The van der Waals surface area contributed by atoms with Gasteiger partial charge in [-0.15, -0.1) is 0 Å². The van der Waals surface area contributed by atoms with Crippen molar-refractivity contribution in [3.05, 3.63) is 131 Å². The summed E-state index contributed by atoms with van der Waals surface area (Å²) in [5.41, 5.74) is 9.00. The second-order valence-electron chi connectivity index (χ2n) is 17.2. The van der Waals surface area contributed by atoms with E-state index in [1.54, 1.807) is 19.8 Å². The normalized spacial score (nSPS) is 21.2. The fourth-order valence-corrected chi connectivity index (χ4v) is 12.4. The predicted octanol–water partition coefficient (Wildman–Crippen LogP) is 13.2. The lowest BCUT2D eigenvalue weighted by atomic mass is 9.49. The van der Waals surface area contributed by atoms with Crippen molar-refractivity contribution in [2.24, 2.45) is 17.3 Å². The number of rotatable bonds is 6. The Hall–Kier alpha value is -4.50. The van der Waals surface area contributed by atoms with Crippen molar-refractivity contribution < 1.29 is 14.2 Å². The Morgan fingerprint density at radius 2 is 1.11 bits per heavy atom. The van der Waals surface area contributed by atoms with Gasteiger partial charge in [-0.1, -0.05) is 117 Å². The van der Waals surface area contributed by atoms with Gasteiger partial charge in [-0.2, -0.15) is 0 Å². The fraction of sp³-hybridized carbons (Fsp3) is 0.412. The number of hydrogen-bond acceptors (Lipinski definition) is 3. The number of ether oxygens (including phenoxy) is 3. The van der Waals surface area contributed by atoms with E-state index in [-0.39, 0.29) is 5.41 Å². The van der Waals surface area contributed by atoms with Crippen LogP contribution in [-0.4, -0.2) is 14.2 Å². The molecule has 3 heteroatoms. The zero-order valence-corrected chi connectivity index (χ0v) is 32.2. The molecule has 5 aromatic rings. The quantitative estimate of drug-likeness (QED) is 0.175. The number of hydrogen-bond donors (Lipinski definition) is 0. The van der Waals surface area contributed by atoms with Crippen LogP contribution in [0.4, 0.5) is 0 Å². The first-order valence-corrected chi connectivity index (χ1v) is 21.0. The van der Waals surface area contributed by atoms with E-state index in [1.807, 2.05) is 24.3 Å². The first kappa shape index (κ1) is 34.0. The van der Waals surface area contributed by atoms with Crippen LogP contribution in [0.1, 0.15) is 118 Å². The van der Waals surface area contributed by atoms with Crippen molar-refractivity contribution in [1.82, 2.24) is 0 Å². The summed E-state index contributed by atoms with van der Waals surface area (Å²) in [6.07, 6.45) is 24.3. The van der Waals surface area contributed by atoms with Crippen LogP contribution in [0.3, 0.4) is 0 Å². The molecule has 0 bridgehead atoms. The molecule has 0 saturated heterocycles. The Balaban J connectivity index is 1.16. The zero-order chi connectivity index (χ0) is 36.3. The van der Waals surface area contributed by atoms with Crippen molar-refractivity contribution in [2.75, 3.05) is 14.2 Å². The maximum atomic E-state index is 7.67. The topological polar surface area (TPSA) is 27.7 Å². The molecule has 0 unspecified atom stereocenters. The molecule has 0 aromatic heterocycles. The molecule has 276 valence electrons. The third-order valence-electron chi connectivity index (χ3n) is 15.1. The van der Waals surface area contributed by atoms with Gasteiger partial charge in [0.05, 0.1) is 14.2 Å². The number of fused-ring (bicyclic) bond motifs is 10. The lowest BCUT2D eigenvalue weighted by Crippen LogP contribution is -2.47. The van der Waals surface area contributed by atoms with E-state index < -0.39 is 5.60 Å². The average Bonchev–Trinajstić information content (AvgIpc) is 3.54. The van der Waals surface area contributed by atoms with Gasteiger partial charge in [0.25, 0.3) is 0 Å². The molecule has 54 heavy (non-hydrogen) atoms. The second-order valence-corrected chi connectivity index (χ2v) is 17.2. The summed E-state index contributed by atoms with van der Waals surface area (Å²) in [6.45, 7) is 0. The monoisotopic (exact) mass is 714 g/mol. The predicted molar refractivity (Wildman–Crippen MR) is 221 cm³/mol. The summed E-state index contributed by atoms with van der Waals surface area (Å²) in [5.74, 6) is 4.46. The molecule has 3 nitrogen and oxygen atoms in total. The molecular formula is C51H54O3. The van der Waals surface area contributed by atoms with Crippen molar-refractivity contribution in [2.45, 2.75) is 101 Å². The smallest absolute Gasteiger partial charge is 0.178 e. The fourth-order valence-electron chi connectivity index (χ4n) is 12.4. The van der Waals surface area contributed by atoms with Gasteiger partial charge < -0.3 is 14.2 Å². The van der Waals surface area contributed by atoms with Gasteiger partial charge in [-0.25, -0.2) is 0 Å². The highest BCUT2D eigenvalue weighted by Crippen LogP contribution is 2.67. The maximum Gasteiger partial charge on any atom is 0.178 e. The minimum absolute atomic E-state index is 0.0270. The summed E-state index contributed by atoms with van der Waals surface area (Å²) in [6, 6.07) is 35.3. The standard InChI is InChI=1S/C51H54O3/c1-52-39-25-21-37(22-26-39)51(38-23-27-40(53-2)28-24-38)30-29-44-47-46(41-17-9-10-18-42(41)48(44)54-51)43-19-11-12-20-45(43)50(47)33-31-49(32-34-50,35-13-5-3-6-14-35)36-15-7-4-8-16-36/h9-12,17-30,35-36H,3-8,13-16,31-34H2,1-2H3. The molecule has 4 aliphatic carbocycles. The van der Waals surface area contributed by atoms with Crippen LogP contribution >= 0.6 is 0 Å². The molecule has 10 rings (SSSR count). The van der Waals surface area contributed by atoms with E-state index in [2.05, 4.69) is 84.9 Å². The number of methoxy groups -OCH3 is 2. The highest BCUT2D eigenvalue weighted by Gasteiger charge is 2.55. The molecule has 1 spiro atoms. The molecule has 0 N–H and O–H groups in total. The van der Waals surface area contributed by atoms with Gasteiger partial charge in [-0.05, 0) is 127 Å². The van der Waals surface area contributed by atoms with Gasteiger partial charge in [0.2, 0.25) is 0 Å². The second kappa shape index (κ2) is 13.4. The van der Waals surface area contributed by atoms with Crippen LogP contribution < -0.4 is 14.2 Å². The molecule has 1 heterocycles. The molecule has 0 atom stereocenters. The first-order chi connectivity index (χ1) is 26.6. The van der Waals surface area contributed by atoms with Crippen LogP contribution in [0.5, 0.6) is 17.2 Å². The lowest BCUT2D eigenvalue weighted by molar-refractivity contribution is -0.0258. The average molecular weight is 715 g/mol. The van der Waals surface area contributed by atoms with Gasteiger partial charge in [0, 0.05) is 27.5 Å². The highest BCUT2D eigenvalue weighted by atomic mass is 16.5. The summed E-state index contributed by atoms with van der Waals surface area (Å²) < 4.78 is 18.9. The molecule has 0 amide bonds. The van der Waals surface area contributed by atoms with E-state index in [0.29, 0.717) is 5.41 Å². The van der Waals surface area contributed by atoms with E-state index in [4.69, 9.17) is 14.2 Å². The molecule has 1 aliphatic heterocycles. The molecule has 0 radical (unpaired) electrons. The Bertz CT molecular complexity index is 2120. The highest BCUT2D eigenvalue weighted by molar-refractivity contribution is 6.08. The van der Waals surface area contributed by atoms with Crippen molar-refractivity contribution >= 4 is 16.8 Å². The Labute approximate surface area is 321 Å². The minimum atomic E-state index is -0.829. The van der Waals surface area contributed by atoms with Crippen LogP contribution in [0.25, 0.3) is 28.0 Å². The lowest BCUT2D eigenvalue weighted by Gasteiger charge is -2.55. The van der Waals surface area contributed by atoms with E-state index in [1.165, 1.54) is 123 Å². The number of benzene rings is 5. The van der Waals surface area contributed by atoms with Gasteiger partial charge in [0.15, 0.2) is 5.60 Å². The van der Waals surface area contributed by atoms with Crippen molar-refractivity contribution in [3.63, 3.8) is 0 Å². The van der Waals surface area contributed by atoms with Crippen LogP contribution in [0, 0.1) is 17.3 Å². The van der Waals surface area contributed by atoms with Crippen LogP contribution in [-0.2, 0) is 11.0 Å². The van der Waals surface area contributed by atoms with Crippen LogP contribution in [0.2, 0.25) is 0 Å². The molecule has 3 saturated carbocycles. The summed E-state index contributed by atoms with van der Waals surface area (Å²) in [7, 11) is 3.45. The van der Waals surface area contributed by atoms with Crippen molar-refractivity contribution in [3.8, 4) is 28.4 Å². The SMILES string of the molecule is COc1ccc(C2(c3ccc(OC)cc3)C=Cc3c4c(c5ccccc5c3O2)-c2ccccc2C42CCC(C3CCCCC3)(C3CCCCC3)CC2)cc1. The van der Waals surface area contributed by atoms with Crippen LogP contribution in [0.15, 0.2) is 103 Å². The van der Waals surface area contributed by atoms with E-state index in [0.717, 1.165) is 40.2 Å². The van der Waals surface area contributed by atoms with E-state index >= 15 is 0 Å². The Morgan fingerprint density at radius 3 is 1.69 bits per heavy atom. The van der Waals surface area contributed by atoms with Gasteiger partial charge in [-0.3, -0.25) is 0 Å². The summed E-state index contributed by atoms with van der Waals surface area (Å²) in [4.78, 5) is 0. The summed E-state index contributed by atoms with van der Waals surface area (Å²) in [5, 5.41) is 2.49. The zero-order valence-electron chi connectivity index (χ0n) is 32.2. The van der Waals surface area contributed by atoms with Crippen molar-refractivity contribution in [1.29, 1.82) is 0 Å². The first-order valence-electron chi connectivity index (χ1n) is 21.0. The molecule has 5 aromatic carbocycles. The third-order valence-corrected chi connectivity index (χ3v) is 15.1. The summed E-state index contributed by atoms with van der Waals surface area (Å²) >= 11 is 0. The van der Waals surface area contributed by atoms with E-state index in [9.17, 15) is 0 Å². The largest absolute Gasteiger partial charge is 0.497 e. The molecule has 5 aliphatic rings. The maximum absolute atomic E-state index is 7.67. The minimum Gasteiger partial charge on any atom is -0.497 e. The Morgan fingerprint density at radius 1 is 0.574 bits per heavy atom. The third kappa shape index (κ3) is 5.06. The molecule has 3 fully saturated rings. The molecular weight excluding hydrogens is 661 g/mol.